The number of benzene rings is 1. The molecule has 0 spiro atoms. The summed E-state index contributed by atoms with van der Waals surface area (Å²) in [5, 5.41) is 23.9. The number of anilines is 1. The smallest absolute Gasteiger partial charge is 0.149 e. The first-order chi connectivity index (χ1) is 10.9. The first-order valence-corrected chi connectivity index (χ1v) is 7.89. The lowest BCUT2D eigenvalue weighted by molar-refractivity contribution is 0.293. The number of hydrogen-bond acceptors (Lipinski definition) is 5. The summed E-state index contributed by atoms with van der Waals surface area (Å²) >= 11 is 0. The fourth-order valence-corrected chi connectivity index (χ4v) is 2.86. The van der Waals surface area contributed by atoms with Gasteiger partial charge in [0, 0.05) is 25.2 Å². The van der Waals surface area contributed by atoms with E-state index < -0.39 is 0 Å². The van der Waals surface area contributed by atoms with Crippen LogP contribution in [0.15, 0.2) is 30.3 Å². The van der Waals surface area contributed by atoms with E-state index in [1.807, 2.05) is 0 Å². The Bertz CT molecular complexity index is 630. The maximum Gasteiger partial charge on any atom is 0.149 e. The lowest BCUT2D eigenvalue weighted by atomic mass is 10.0. The number of aromatic nitrogens is 2. The van der Waals surface area contributed by atoms with Gasteiger partial charge in [0.15, 0.2) is 0 Å². The summed E-state index contributed by atoms with van der Waals surface area (Å²) in [5.41, 5.74) is 4.88. The van der Waals surface area contributed by atoms with Gasteiger partial charge in [-0.25, -0.2) is 0 Å². The topological polar surface area (TPSA) is 70.1 Å². The molecule has 0 radical (unpaired) electrons. The van der Waals surface area contributed by atoms with Crippen molar-refractivity contribution in [2.45, 2.75) is 19.3 Å². The molecule has 0 saturated heterocycles. The van der Waals surface area contributed by atoms with Crippen molar-refractivity contribution in [3.8, 4) is 11.3 Å². The van der Waals surface area contributed by atoms with Crippen molar-refractivity contribution >= 4 is 5.82 Å². The summed E-state index contributed by atoms with van der Waals surface area (Å²) in [6, 6.07) is 10.6. The standard InChI is InChI=1S/C17H22N4O/c22-11-10-18-8-9-19-16-12-14-6-3-5-13-4-1-2-7-15(13)17(14)21-20-16/h1-2,4,7,12,18,22H,3,5-6,8-11H2,(H,19,20). The second-order valence-corrected chi connectivity index (χ2v) is 5.51. The van der Waals surface area contributed by atoms with Gasteiger partial charge in [-0.05, 0) is 36.5 Å². The summed E-state index contributed by atoms with van der Waals surface area (Å²) in [6.45, 7) is 2.35. The van der Waals surface area contributed by atoms with Crippen LogP contribution < -0.4 is 10.6 Å². The molecule has 2 aromatic rings. The molecule has 22 heavy (non-hydrogen) atoms. The Balaban J connectivity index is 1.73. The number of nitrogens with zero attached hydrogens (tertiary/aromatic N) is 2. The van der Waals surface area contributed by atoms with Crippen LogP contribution in [0.2, 0.25) is 0 Å². The number of nitrogens with one attached hydrogen (secondary N) is 2. The van der Waals surface area contributed by atoms with Crippen LogP contribution in [-0.4, -0.2) is 41.5 Å². The molecule has 0 amide bonds. The largest absolute Gasteiger partial charge is 0.395 e. The Labute approximate surface area is 130 Å². The Morgan fingerprint density at radius 3 is 2.77 bits per heavy atom. The van der Waals surface area contributed by atoms with Crippen LogP contribution in [0, 0.1) is 0 Å². The summed E-state index contributed by atoms with van der Waals surface area (Å²) < 4.78 is 0. The molecule has 1 heterocycles. The van der Waals surface area contributed by atoms with E-state index in [1.54, 1.807) is 0 Å². The maximum atomic E-state index is 8.72. The highest BCUT2D eigenvalue weighted by Crippen LogP contribution is 2.31. The highest BCUT2D eigenvalue weighted by atomic mass is 16.3. The first kappa shape index (κ1) is 14.9. The summed E-state index contributed by atoms with van der Waals surface area (Å²) in [6.07, 6.45) is 3.28. The third-order valence-corrected chi connectivity index (χ3v) is 3.93. The normalized spacial score (nSPS) is 13.1. The lowest BCUT2D eigenvalue weighted by Crippen LogP contribution is -2.25. The van der Waals surface area contributed by atoms with Crippen LogP contribution >= 0.6 is 0 Å². The highest BCUT2D eigenvalue weighted by Gasteiger charge is 2.16. The summed E-state index contributed by atoms with van der Waals surface area (Å²) in [5.74, 6) is 0.823. The molecule has 5 nitrogen and oxygen atoms in total. The number of hydrogen-bond donors (Lipinski definition) is 3. The second-order valence-electron chi connectivity index (χ2n) is 5.51. The first-order valence-electron chi connectivity index (χ1n) is 7.89. The number of aliphatic hydroxyl groups is 1. The highest BCUT2D eigenvalue weighted by molar-refractivity contribution is 5.68. The van der Waals surface area contributed by atoms with Gasteiger partial charge in [-0.15, -0.1) is 10.2 Å². The van der Waals surface area contributed by atoms with Gasteiger partial charge in [0.25, 0.3) is 0 Å². The van der Waals surface area contributed by atoms with Crippen molar-refractivity contribution in [1.82, 2.24) is 15.5 Å². The Hall–Kier alpha value is -1.98. The van der Waals surface area contributed by atoms with E-state index in [4.69, 9.17) is 5.11 Å². The molecule has 0 fully saturated rings. The third-order valence-electron chi connectivity index (χ3n) is 3.93. The van der Waals surface area contributed by atoms with Crippen LogP contribution in [0.5, 0.6) is 0 Å². The third kappa shape index (κ3) is 3.43. The molecule has 1 aromatic carbocycles. The molecule has 0 unspecified atom stereocenters. The Morgan fingerprint density at radius 2 is 1.86 bits per heavy atom. The summed E-state index contributed by atoms with van der Waals surface area (Å²) in [4.78, 5) is 0. The fraction of sp³-hybridized carbons (Fsp3) is 0.412. The molecular weight excluding hydrogens is 276 g/mol. The van der Waals surface area contributed by atoms with E-state index in [0.717, 1.165) is 43.9 Å². The monoisotopic (exact) mass is 298 g/mol. The van der Waals surface area contributed by atoms with Gasteiger partial charge >= 0.3 is 0 Å². The van der Waals surface area contributed by atoms with Gasteiger partial charge in [-0.2, -0.15) is 0 Å². The summed E-state index contributed by atoms with van der Waals surface area (Å²) in [7, 11) is 0. The SMILES string of the molecule is OCCNCCNc1cc2c(nn1)-c1ccccc1CCC2. The molecule has 5 heteroatoms. The lowest BCUT2D eigenvalue weighted by Gasteiger charge is -2.10. The van der Waals surface area contributed by atoms with E-state index in [0.29, 0.717) is 6.54 Å². The van der Waals surface area contributed by atoms with Crippen LogP contribution in [0.4, 0.5) is 5.82 Å². The van der Waals surface area contributed by atoms with Gasteiger partial charge in [-0.1, -0.05) is 24.3 Å². The van der Waals surface area contributed by atoms with Gasteiger partial charge in [0.2, 0.25) is 0 Å². The quantitative estimate of drug-likeness (QED) is 0.707. The fourth-order valence-electron chi connectivity index (χ4n) is 2.86. The molecule has 3 rings (SSSR count). The van der Waals surface area contributed by atoms with Gasteiger partial charge in [0.05, 0.1) is 12.3 Å². The molecule has 0 bridgehead atoms. The zero-order chi connectivity index (χ0) is 15.2. The van der Waals surface area contributed by atoms with Crippen LogP contribution in [0.25, 0.3) is 11.3 Å². The molecule has 1 aliphatic rings. The molecule has 0 atom stereocenters. The maximum absolute atomic E-state index is 8.72. The second kappa shape index (κ2) is 7.33. The van der Waals surface area contributed by atoms with Crippen molar-refractivity contribution in [2.24, 2.45) is 0 Å². The van der Waals surface area contributed by atoms with E-state index in [1.165, 1.54) is 16.7 Å². The number of aryl methyl sites for hydroxylation is 2. The predicted molar refractivity (Wildman–Crippen MR) is 87.9 cm³/mol. The van der Waals surface area contributed by atoms with Crippen LogP contribution in [-0.2, 0) is 12.8 Å². The Morgan fingerprint density at radius 1 is 1.00 bits per heavy atom. The van der Waals surface area contributed by atoms with E-state index in [-0.39, 0.29) is 6.61 Å². The van der Waals surface area contributed by atoms with E-state index in [9.17, 15) is 0 Å². The molecule has 1 aliphatic carbocycles. The van der Waals surface area contributed by atoms with Crippen molar-refractivity contribution in [3.63, 3.8) is 0 Å². The minimum Gasteiger partial charge on any atom is -0.395 e. The number of rotatable bonds is 6. The van der Waals surface area contributed by atoms with Gasteiger partial charge < -0.3 is 15.7 Å². The zero-order valence-electron chi connectivity index (χ0n) is 12.7. The van der Waals surface area contributed by atoms with Crippen LogP contribution in [0.3, 0.4) is 0 Å². The molecular formula is C17H22N4O. The Kier molecular flexibility index (Phi) is 4.98. The zero-order valence-corrected chi connectivity index (χ0v) is 12.7. The number of aliphatic hydroxyl groups excluding tert-OH is 1. The average Bonchev–Trinajstić information content (AvgIpc) is 2.73. The van der Waals surface area contributed by atoms with E-state index >= 15 is 0 Å². The van der Waals surface area contributed by atoms with Gasteiger partial charge in [-0.3, -0.25) is 0 Å². The molecule has 3 N–H and O–H groups in total. The van der Waals surface area contributed by atoms with Crippen molar-refractivity contribution in [2.75, 3.05) is 31.6 Å². The molecule has 0 aliphatic heterocycles. The molecule has 116 valence electrons. The molecule has 0 saturated carbocycles. The molecule has 1 aromatic heterocycles. The average molecular weight is 298 g/mol. The minimum absolute atomic E-state index is 0.165. The number of fused-ring (bicyclic) bond motifs is 3. The van der Waals surface area contributed by atoms with Gasteiger partial charge in [0.1, 0.15) is 5.82 Å². The van der Waals surface area contributed by atoms with Crippen LogP contribution in [0.1, 0.15) is 17.5 Å². The van der Waals surface area contributed by atoms with E-state index in [2.05, 4.69) is 51.2 Å². The minimum atomic E-state index is 0.165. The van der Waals surface area contributed by atoms with Crippen molar-refractivity contribution in [3.05, 3.63) is 41.5 Å². The van der Waals surface area contributed by atoms with Crippen molar-refractivity contribution < 1.29 is 5.11 Å². The van der Waals surface area contributed by atoms with Crippen molar-refractivity contribution in [1.29, 1.82) is 0 Å². The predicted octanol–water partition coefficient (Wildman–Crippen LogP) is 1.63.